The van der Waals surface area contributed by atoms with Crippen LogP contribution < -0.4 is 5.73 Å². The lowest BCUT2D eigenvalue weighted by Crippen LogP contribution is -2.57. The second kappa shape index (κ2) is 17.0. The van der Waals surface area contributed by atoms with E-state index in [1.165, 1.54) is 89.9 Å². The summed E-state index contributed by atoms with van der Waals surface area (Å²) in [6.07, 6.45) is 20.9. The number of nitrogens with two attached hydrogens (primary N) is 1. The third-order valence-electron chi connectivity index (χ3n) is 6.02. The quantitative estimate of drug-likeness (QED) is 0.240. The zero-order chi connectivity index (χ0) is 19.7. The van der Waals surface area contributed by atoms with Crippen LogP contribution in [-0.2, 0) is 0 Å². The lowest BCUT2D eigenvalue weighted by atomic mass is 9.83. The van der Waals surface area contributed by atoms with Crippen LogP contribution in [-0.4, -0.2) is 28.0 Å². The highest BCUT2D eigenvalue weighted by molar-refractivity contribution is 4.93. The predicted molar refractivity (Wildman–Crippen MR) is 114 cm³/mol. The number of hydrogen-bond acceptors (Lipinski definition) is 3. The number of hydrogen-bond donors (Lipinski definition) is 3. The number of aliphatic hydroxyl groups excluding tert-OH is 2. The maximum Gasteiger partial charge on any atom is 0.0716 e. The molecule has 0 heterocycles. The van der Waals surface area contributed by atoms with E-state index in [4.69, 9.17) is 5.73 Å². The molecule has 0 radical (unpaired) electrons. The van der Waals surface area contributed by atoms with Crippen molar-refractivity contribution in [1.82, 2.24) is 0 Å². The molecule has 3 nitrogen and oxygen atoms in total. The maximum absolute atomic E-state index is 9.78. The minimum Gasteiger partial charge on any atom is -0.391 e. The van der Waals surface area contributed by atoms with E-state index in [2.05, 4.69) is 6.92 Å². The Labute approximate surface area is 164 Å². The van der Waals surface area contributed by atoms with Gasteiger partial charge in [0, 0.05) is 0 Å². The van der Waals surface area contributed by atoms with E-state index < -0.39 is 17.7 Å². The summed E-state index contributed by atoms with van der Waals surface area (Å²) in [6.45, 7) is 5.64. The van der Waals surface area contributed by atoms with E-state index in [-0.39, 0.29) is 0 Å². The molecule has 0 fully saturated rings. The first-order valence-corrected chi connectivity index (χ1v) is 11.6. The average Bonchev–Trinajstić information content (AvgIpc) is 2.60. The van der Waals surface area contributed by atoms with E-state index in [0.29, 0.717) is 6.42 Å². The Hall–Kier alpha value is -0.120. The molecule has 0 aromatic rings. The van der Waals surface area contributed by atoms with Crippen molar-refractivity contribution in [2.24, 2.45) is 5.73 Å². The average molecular weight is 372 g/mol. The molecule has 158 valence electrons. The summed E-state index contributed by atoms with van der Waals surface area (Å²) in [5, 5.41) is 19.6. The predicted octanol–water partition coefficient (Wildman–Crippen LogP) is 6.10. The smallest absolute Gasteiger partial charge is 0.0716 e. The van der Waals surface area contributed by atoms with Crippen molar-refractivity contribution in [1.29, 1.82) is 0 Å². The van der Waals surface area contributed by atoms with Gasteiger partial charge in [0.25, 0.3) is 0 Å². The van der Waals surface area contributed by atoms with Crippen LogP contribution in [0.25, 0.3) is 0 Å². The Balaban J connectivity index is 3.32. The molecule has 0 aromatic heterocycles. The Kier molecular flexibility index (Phi) is 16.9. The summed E-state index contributed by atoms with van der Waals surface area (Å²) in [7, 11) is 0. The first-order valence-electron chi connectivity index (χ1n) is 11.6. The summed E-state index contributed by atoms with van der Waals surface area (Å²) < 4.78 is 0. The minimum absolute atomic E-state index is 0.668. The molecule has 0 aliphatic carbocycles. The van der Waals surface area contributed by atoms with Gasteiger partial charge in [-0.3, -0.25) is 0 Å². The highest BCUT2D eigenvalue weighted by atomic mass is 16.3. The van der Waals surface area contributed by atoms with Gasteiger partial charge in [0.1, 0.15) is 0 Å². The Morgan fingerprint density at radius 2 is 0.846 bits per heavy atom. The highest BCUT2D eigenvalue weighted by Crippen LogP contribution is 2.22. The van der Waals surface area contributed by atoms with Crippen LogP contribution in [0.15, 0.2) is 0 Å². The van der Waals surface area contributed by atoms with Gasteiger partial charge in [-0.2, -0.15) is 0 Å². The SMILES string of the molecule is CCCCCCCCCCCCCCCCCCC(N)(C(C)O)C(C)O. The molecule has 3 heteroatoms. The molecule has 0 bridgehead atoms. The topological polar surface area (TPSA) is 66.5 Å². The molecular weight excluding hydrogens is 322 g/mol. The van der Waals surface area contributed by atoms with Crippen molar-refractivity contribution < 1.29 is 10.2 Å². The molecule has 0 saturated carbocycles. The highest BCUT2D eigenvalue weighted by Gasteiger charge is 2.35. The monoisotopic (exact) mass is 371 g/mol. The number of rotatable bonds is 19. The lowest BCUT2D eigenvalue weighted by Gasteiger charge is -2.35. The fourth-order valence-corrected chi connectivity index (χ4v) is 3.75. The van der Waals surface area contributed by atoms with Crippen LogP contribution >= 0.6 is 0 Å². The Morgan fingerprint density at radius 1 is 0.577 bits per heavy atom. The molecule has 0 rings (SSSR count). The summed E-state index contributed by atoms with van der Waals surface area (Å²) >= 11 is 0. The Morgan fingerprint density at radius 3 is 1.12 bits per heavy atom. The largest absolute Gasteiger partial charge is 0.391 e. The van der Waals surface area contributed by atoms with Gasteiger partial charge < -0.3 is 15.9 Å². The second-order valence-corrected chi connectivity index (χ2v) is 8.52. The van der Waals surface area contributed by atoms with E-state index in [0.717, 1.165) is 12.8 Å². The van der Waals surface area contributed by atoms with Crippen molar-refractivity contribution in [2.45, 2.75) is 148 Å². The number of unbranched alkanes of at least 4 members (excludes halogenated alkanes) is 15. The van der Waals surface area contributed by atoms with Gasteiger partial charge in [-0.1, -0.05) is 110 Å². The first kappa shape index (κ1) is 25.9. The lowest BCUT2D eigenvalue weighted by molar-refractivity contribution is 0.00127. The van der Waals surface area contributed by atoms with Gasteiger partial charge in [0.15, 0.2) is 0 Å². The molecule has 2 atom stereocenters. The van der Waals surface area contributed by atoms with Crippen molar-refractivity contribution in [3.63, 3.8) is 0 Å². The molecule has 2 unspecified atom stereocenters. The third-order valence-corrected chi connectivity index (χ3v) is 6.02. The fourth-order valence-electron chi connectivity index (χ4n) is 3.75. The van der Waals surface area contributed by atoms with E-state index in [1.807, 2.05) is 0 Å². The van der Waals surface area contributed by atoms with Crippen LogP contribution in [0, 0.1) is 0 Å². The van der Waals surface area contributed by atoms with E-state index in [9.17, 15) is 10.2 Å². The second-order valence-electron chi connectivity index (χ2n) is 8.52. The Bertz CT molecular complexity index is 284. The summed E-state index contributed by atoms with van der Waals surface area (Å²) in [5.74, 6) is 0. The van der Waals surface area contributed by atoms with Gasteiger partial charge in [0.2, 0.25) is 0 Å². The molecule has 4 N–H and O–H groups in total. The summed E-state index contributed by atoms with van der Waals surface area (Å²) in [5.41, 5.74) is 5.29. The molecule has 0 amide bonds. The zero-order valence-corrected chi connectivity index (χ0v) is 18.1. The van der Waals surface area contributed by atoms with Crippen molar-refractivity contribution in [2.75, 3.05) is 0 Å². The van der Waals surface area contributed by atoms with E-state index >= 15 is 0 Å². The van der Waals surface area contributed by atoms with Gasteiger partial charge in [0.05, 0.1) is 17.7 Å². The third kappa shape index (κ3) is 13.1. The molecular formula is C23H49NO2. The maximum atomic E-state index is 9.78. The van der Waals surface area contributed by atoms with E-state index in [1.54, 1.807) is 13.8 Å². The van der Waals surface area contributed by atoms with Crippen LogP contribution in [0.3, 0.4) is 0 Å². The van der Waals surface area contributed by atoms with Crippen molar-refractivity contribution >= 4 is 0 Å². The minimum atomic E-state index is -0.851. The van der Waals surface area contributed by atoms with Crippen LogP contribution in [0.1, 0.15) is 130 Å². The van der Waals surface area contributed by atoms with Gasteiger partial charge in [-0.05, 0) is 20.3 Å². The summed E-state index contributed by atoms with van der Waals surface area (Å²) in [6, 6.07) is 0. The standard InChI is InChI=1S/C23H49NO2/c1-4-5-6-7-8-9-10-11-12-13-14-15-16-17-18-19-20-23(24,21(2)25)22(3)26/h21-22,25-26H,4-20,24H2,1-3H3. The molecule has 26 heavy (non-hydrogen) atoms. The van der Waals surface area contributed by atoms with Gasteiger partial charge in [-0.15, -0.1) is 0 Å². The normalized spacial score (nSPS) is 16.4. The molecule has 0 spiro atoms. The molecule has 0 aliphatic heterocycles. The summed E-state index contributed by atoms with van der Waals surface area (Å²) in [4.78, 5) is 0. The van der Waals surface area contributed by atoms with Gasteiger partial charge >= 0.3 is 0 Å². The van der Waals surface area contributed by atoms with Crippen LogP contribution in [0.2, 0.25) is 0 Å². The van der Waals surface area contributed by atoms with Crippen molar-refractivity contribution in [3.8, 4) is 0 Å². The molecule has 0 aliphatic rings. The zero-order valence-electron chi connectivity index (χ0n) is 18.1. The molecule has 0 saturated heterocycles. The fraction of sp³-hybridized carbons (Fsp3) is 1.00. The van der Waals surface area contributed by atoms with Crippen LogP contribution in [0.5, 0.6) is 0 Å². The van der Waals surface area contributed by atoms with Gasteiger partial charge in [-0.25, -0.2) is 0 Å². The van der Waals surface area contributed by atoms with Crippen molar-refractivity contribution in [3.05, 3.63) is 0 Å². The first-order chi connectivity index (χ1) is 12.4. The number of aliphatic hydroxyl groups is 2. The molecule has 0 aromatic carbocycles. The van der Waals surface area contributed by atoms with Crippen LogP contribution in [0.4, 0.5) is 0 Å².